The van der Waals surface area contributed by atoms with E-state index in [9.17, 15) is 9.59 Å². The molecule has 1 heterocycles. The largest absolute Gasteiger partial charge is 0.493 e. The maximum atomic E-state index is 13.0. The maximum Gasteiger partial charge on any atom is 0.343 e. The number of Topliss-reactive ketones (excluding diaryl/α,β-unsaturated/α-hetero) is 1. The molecule has 0 unspecified atom stereocenters. The summed E-state index contributed by atoms with van der Waals surface area (Å²) < 4.78 is 43.3. The van der Waals surface area contributed by atoms with E-state index in [1.54, 1.807) is 18.2 Å². The van der Waals surface area contributed by atoms with Gasteiger partial charge in [-0.25, -0.2) is 4.79 Å². The zero-order valence-corrected chi connectivity index (χ0v) is 21.7. The minimum Gasteiger partial charge on any atom is -0.493 e. The lowest BCUT2D eigenvalue weighted by molar-refractivity contribution is 0.0733. The van der Waals surface area contributed by atoms with Crippen molar-refractivity contribution in [3.8, 4) is 46.0 Å². The zero-order valence-electron chi connectivity index (χ0n) is 21.7. The molecule has 1 aliphatic rings. The van der Waals surface area contributed by atoms with Crippen molar-refractivity contribution in [2.75, 3.05) is 42.7 Å². The Morgan fingerprint density at radius 1 is 0.711 bits per heavy atom. The Labute approximate surface area is 219 Å². The van der Waals surface area contributed by atoms with Crippen LogP contribution in [0.15, 0.2) is 48.2 Å². The van der Waals surface area contributed by atoms with Crippen LogP contribution < -0.4 is 37.9 Å². The van der Waals surface area contributed by atoms with Crippen molar-refractivity contribution in [2.45, 2.75) is 0 Å². The van der Waals surface area contributed by atoms with Gasteiger partial charge in [-0.1, -0.05) is 0 Å². The zero-order chi connectivity index (χ0) is 27.4. The second kappa shape index (κ2) is 11.0. The number of hydrogen-bond donors (Lipinski definition) is 0. The van der Waals surface area contributed by atoms with Gasteiger partial charge in [-0.3, -0.25) is 4.79 Å². The highest BCUT2D eigenvalue weighted by atomic mass is 16.5. The number of hydrogen-bond acceptors (Lipinski definition) is 10. The van der Waals surface area contributed by atoms with Crippen molar-refractivity contribution in [3.63, 3.8) is 0 Å². The SMILES string of the molecule is COc1cc(C=C2Oc3cc(OC(=O)c4cc(OC)c(OC)c(OC)c4)ccc3C2=O)cc(OC)c1OC. The van der Waals surface area contributed by atoms with Crippen molar-refractivity contribution in [1.29, 1.82) is 0 Å². The Hall–Kier alpha value is -4.86. The van der Waals surface area contributed by atoms with E-state index in [1.807, 2.05) is 0 Å². The minimum atomic E-state index is -0.665. The number of carbonyl (C=O) groups is 2. The third kappa shape index (κ3) is 4.88. The lowest BCUT2D eigenvalue weighted by Crippen LogP contribution is -2.09. The Kier molecular flexibility index (Phi) is 7.61. The summed E-state index contributed by atoms with van der Waals surface area (Å²) >= 11 is 0. The number of esters is 1. The first kappa shape index (κ1) is 26.2. The van der Waals surface area contributed by atoms with Crippen LogP contribution in [0.4, 0.5) is 0 Å². The van der Waals surface area contributed by atoms with Gasteiger partial charge in [0, 0.05) is 6.07 Å². The first-order valence-corrected chi connectivity index (χ1v) is 11.3. The molecule has 0 bridgehead atoms. The van der Waals surface area contributed by atoms with Gasteiger partial charge in [0.15, 0.2) is 28.8 Å². The lowest BCUT2D eigenvalue weighted by atomic mass is 10.1. The fourth-order valence-corrected chi connectivity index (χ4v) is 3.93. The predicted molar refractivity (Wildman–Crippen MR) is 137 cm³/mol. The topological polar surface area (TPSA) is 108 Å². The van der Waals surface area contributed by atoms with E-state index in [-0.39, 0.29) is 28.6 Å². The van der Waals surface area contributed by atoms with Crippen LogP contribution >= 0.6 is 0 Å². The molecule has 10 nitrogen and oxygen atoms in total. The molecule has 4 rings (SSSR count). The monoisotopic (exact) mass is 522 g/mol. The summed E-state index contributed by atoms with van der Waals surface area (Å²) in [5.74, 6) is 1.80. The highest BCUT2D eigenvalue weighted by Crippen LogP contribution is 2.41. The van der Waals surface area contributed by atoms with Crippen LogP contribution in [0.5, 0.6) is 46.0 Å². The van der Waals surface area contributed by atoms with Gasteiger partial charge in [0.2, 0.25) is 17.3 Å². The van der Waals surface area contributed by atoms with E-state index in [0.717, 1.165) is 0 Å². The second-order valence-corrected chi connectivity index (χ2v) is 7.86. The molecule has 0 radical (unpaired) electrons. The molecule has 10 heteroatoms. The number of ketones is 1. The molecule has 0 fully saturated rings. The number of carbonyl (C=O) groups excluding carboxylic acids is 2. The lowest BCUT2D eigenvalue weighted by Gasteiger charge is -2.13. The summed E-state index contributed by atoms with van der Waals surface area (Å²) in [7, 11) is 8.87. The first-order chi connectivity index (χ1) is 18.4. The van der Waals surface area contributed by atoms with Gasteiger partial charge in [0.1, 0.15) is 11.5 Å². The molecule has 38 heavy (non-hydrogen) atoms. The van der Waals surface area contributed by atoms with Gasteiger partial charge < -0.3 is 37.9 Å². The molecule has 3 aromatic rings. The highest BCUT2D eigenvalue weighted by Gasteiger charge is 2.29. The van der Waals surface area contributed by atoms with Crippen molar-refractivity contribution >= 4 is 17.8 Å². The summed E-state index contributed by atoms with van der Waals surface area (Å²) in [4.78, 5) is 25.8. The average molecular weight is 523 g/mol. The normalized spacial score (nSPS) is 12.9. The molecule has 0 saturated heterocycles. The van der Waals surface area contributed by atoms with Gasteiger partial charge >= 0.3 is 5.97 Å². The summed E-state index contributed by atoms with van der Waals surface area (Å²) in [6, 6.07) is 10.9. The fourth-order valence-electron chi connectivity index (χ4n) is 3.93. The molecule has 0 atom stereocenters. The molecule has 0 aliphatic carbocycles. The molecule has 0 amide bonds. The molecule has 0 saturated carbocycles. The van der Waals surface area contributed by atoms with Crippen LogP contribution in [0, 0.1) is 0 Å². The Bertz CT molecular complexity index is 1370. The molecular weight excluding hydrogens is 496 g/mol. The second-order valence-electron chi connectivity index (χ2n) is 7.86. The van der Waals surface area contributed by atoms with Crippen molar-refractivity contribution in [3.05, 3.63) is 64.9 Å². The Morgan fingerprint density at radius 2 is 1.24 bits per heavy atom. The number of benzene rings is 3. The molecule has 1 aliphatic heterocycles. The number of methoxy groups -OCH3 is 6. The van der Waals surface area contributed by atoms with Crippen LogP contribution in [0.25, 0.3) is 6.08 Å². The van der Waals surface area contributed by atoms with Crippen LogP contribution in [-0.2, 0) is 0 Å². The Morgan fingerprint density at radius 3 is 1.74 bits per heavy atom. The van der Waals surface area contributed by atoms with E-state index in [1.165, 1.54) is 73.0 Å². The molecule has 0 spiro atoms. The first-order valence-electron chi connectivity index (χ1n) is 11.3. The van der Waals surface area contributed by atoms with Crippen molar-refractivity contribution in [2.24, 2.45) is 0 Å². The molecule has 3 aromatic carbocycles. The number of ether oxygens (including phenoxy) is 8. The van der Waals surface area contributed by atoms with Crippen molar-refractivity contribution < 1.29 is 47.5 Å². The van der Waals surface area contributed by atoms with E-state index < -0.39 is 5.97 Å². The van der Waals surface area contributed by atoms with Crippen LogP contribution in [-0.4, -0.2) is 54.4 Å². The third-order valence-corrected chi connectivity index (χ3v) is 5.74. The van der Waals surface area contributed by atoms with Gasteiger partial charge in [-0.15, -0.1) is 0 Å². The molecular formula is C28H26O10. The predicted octanol–water partition coefficient (Wildman–Crippen LogP) is 4.57. The molecule has 0 N–H and O–H groups in total. The van der Waals surface area contributed by atoms with Gasteiger partial charge in [-0.2, -0.15) is 0 Å². The smallest absolute Gasteiger partial charge is 0.343 e. The van der Waals surface area contributed by atoms with Gasteiger partial charge in [0.05, 0.1) is 53.8 Å². The van der Waals surface area contributed by atoms with E-state index in [4.69, 9.17) is 37.9 Å². The third-order valence-electron chi connectivity index (χ3n) is 5.74. The molecule has 198 valence electrons. The quantitative estimate of drug-likeness (QED) is 0.225. The van der Waals surface area contributed by atoms with Crippen LogP contribution in [0.1, 0.15) is 26.3 Å². The number of fused-ring (bicyclic) bond motifs is 1. The summed E-state index contributed by atoms with van der Waals surface area (Å²) in [6.07, 6.45) is 1.56. The number of rotatable bonds is 9. The van der Waals surface area contributed by atoms with Gasteiger partial charge in [-0.05, 0) is 48.0 Å². The minimum absolute atomic E-state index is 0.0855. The van der Waals surface area contributed by atoms with Gasteiger partial charge in [0.25, 0.3) is 0 Å². The summed E-state index contributed by atoms with van der Waals surface area (Å²) in [5, 5.41) is 0. The van der Waals surface area contributed by atoms with E-state index >= 15 is 0 Å². The molecule has 0 aromatic heterocycles. The van der Waals surface area contributed by atoms with Crippen LogP contribution in [0.2, 0.25) is 0 Å². The van der Waals surface area contributed by atoms with E-state index in [0.29, 0.717) is 45.6 Å². The number of allylic oxidation sites excluding steroid dienone is 1. The fraction of sp³-hybridized carbons (Fsp3) is 0.214. The van der Waals surface area contributed by atoms with Crippen molar-refractivity contribution in [1.82, 2.24) is 0 Å². The van der Waals surface area contributed by atoms with E-state index in [2.05, 4.69) is 0 Å². The Balaban J connectivity index is 1.59. The summed E-state index contributed by atoms with van der Waals surface area (Å²) in [5.41, 5.74) is 1.11. The van der Waals surface area contributed by atoms with Crippen LogP contribution in [0.3, 0.4) is 0 Å². The standard InChI is InChI=1S/C28H26O10/c1-31-21-10-15(11-22(32-2)26(21)35-5)9-20-25(29)18-8-7-17(14-19(18)38-20)37-28(30)16-12-23(33-3)27(36-6)24(13-16)34-4/h7-14H,1-6H3. The average Bonchev–Trinajstić information content (AvgIpc) is 3.25. The maximum absolute atomic E-state index is 13.0. The summed E-state index contributed by atoms with van der Waals surface area (Å²) in [6.45, 7) is 0. The highest BCUT2D eigenvalue weighted by molar-refractivity contribution is 6.14.